The van der Waals surface area contributed by atoms with E-state index in [9.17, 15) is 9.90 Å². The quantitative estimate of drug-likeness (QED) is 0.726. The number of aryl methyl sites for hydroxylation is 1. The summed E-state index contributed by atoms with van der Waals surface area (Å²) < 4.78 is 1.50. The summed E-state index contributed by atoms with van der Waals surface area (Å²) in [5.74, 6) is -0.496. The Kier molecular flexibility index (Phi) is 5.14. The zero-order valence-corrected chi connectivity index (χ0v) is 14.1. The SMILES string of the molecule is CC(CCc1ccccc1)NC(=O)c1nn(-c2ccccc2)cc1O. The van der Waals surface area contributed by atoms with Crippen molar-refractivity contribution < 1.29 is 9.90 Å². The lowest BCUT2D eigenvalue weighted by atomic mass is 10.1. The van der Waals surface area contributed by atoms with Crippen molar-refractivity contribution in [2.45, 2.75) is 25.8 Å². The number of benzene rings is 2. The summed E-state index contributed by atoms with van der Waals surface area (Å²) in [7, 11) is 0. The van der Waals surface area contributed by atoms with Gasteiger partial charge in [-0.3, -0.25) is 4.79 Å². The first kappa shape index (κ1) is 16.8. The van der Waals surface area contributed by atoms with Gasteiger partial charge >= 0.3 is 0 Å². The topological polar surface area (TPSA) is 67.2 Å². The molecule has 128 valence electrons. The van der Waals surface area contributed by atoms with Crippen LogP contribution in [0.3, 0.4) is 0 Å². The average Bonchev–Trinajstić information content (AvgIpc) is 3.03. The molecule has 0 saturated heterocycles. The maximum Gasteiger partial charge on any atom is 0.275 e. The van der Waals surface area contributed by atoms with Gasteiger partial charge in [-0.05, 0) is 37.5 Å². The van der Waals surface area contributed by atoms with E-state index in [-0.39, 0.29) is 23.4 Å². The number of hydrogen-bond donors (Lipinski definition) is 2. The van der Waals surface area contributed by atoms with Crippen LogP contribution in [0.15, 0.2) is 66.9 Å². The van der Waals surface area contributed by atoms with Crippen molar-refractivity contribution in [2.24, 2.45) is 0 Å². The Balaban J connectivity index is 1.62. The van der Waals surface area contributed by atoms with Gasteiger partial charge in [0.15, 0.2) is 11.4 Å². The van der Waals surface area contributed by atoms with E-state index >= 15 is 0 Å². The molecule has 1 amide bonds. The molecule has 1 aromatic heterocycles. The molecule has 2 aromatic carbocycles. The van der Waals surface area contributed by atoms with Crippen molar-refractivity contribution in [1.29, 1.82) is 0 Å². The van der Waals surface area contributed by atoms with Crippen molar-refractivity contribution in [3.8, 4) is 11.4 Å². The van der Waals surface area contributed by atoms with Gasteiger partial charge in [0.1, 0.15) is 0 Å². The third-order valence-corrected chi connectivity index (χ3v) is 4.02. The number of aromatic nitrogens is 2. The lowest BCUT2D eigenvalue weighted by Crippen LogP contribution is -2.33. The molecule has 0 aliphatic carbocycles. The molecule has 0 spiro atoms. The van der Waals surface area contributed by atoms with E-state index in [0.717, 1.165) is 18.5 Å². The minimum absolute atomic E-state index is 0.0195. The molecule has 1 unspecified atom stereocenters. The van der Waals surface area contributed by atoms with E-state index in [2.05, 4.69) is 22.5 Å². The van der Waals surface area contributed by atoms with Crippen LogP contribution in [0.2, 0.25) is 0 Å². The number of amides is 1. The van der Waals surface area contributed by atoms with Crippen molar-refractivity contribution in [3.63, 3.8) is 0 Å². The van der Waals surface area contributed by atoms with Crippen molar-refractivity contribution in [2.75, 3.05) is 0 Å². The average molecular weight is 335 g/mol. The monoisotopic (exact) mass is 335 g/mol. The van der Waals surface area contributed by atoms with E-state index in [0.29, 0.717) is 0 Å². The number of rotatable bonds is 6. The molecule has 5 nitrogen and oxygen atoms in total. The van der Waals surface area contributed by atoms with Crippen LogP contribution < -0.4 is 5.32 Å². The molecule has 3 aromatic rings. The standard InChI is InChI=1S/C20H21N3O2/c1-15(12-13-16-8-4-2-5-9-16)21-20(25)19-18(24)14-23(22-19)17-10-6-3-7-11-17/h2-11,14-15,24H,12-13H2,1H3,(H,21,25). The van der Waals surface area contributed by atoms with Gasteiger partial charge in [-0.15, -0.1) is 0 Å². The Bertz CT molecular complexity index is 829. The van der Waals surface area contributed by atoms with Gasteiger partial charge in [0.05, 0.1) is 11.9 Å². The molecule has 1 heterocycles. The first-order valence-corrected chi connectivity index (χ1v) is 8.32. The largest absolute Gasteiger partial charge is 0.504 e. The van der Waals surface area contributed by atoms with Crippen LogP contribution in [0, 0.1) is 0 Å². The molecule has 0 aliphatic heterocycles. The molecule has 1 atom stereocenters. The van der Waals surface area contributed by atoms with Gasteiger partial charge in [0.25, 0.3) is 5.91 Å². The van der Waals surface area contributed by atoms with Gasteiger partial charge in [-0.2, -0.15) is 5.10 Å². The highest BCUT2D eigenvalue weighted by Gasteiger charge is 2.18. The summed E-state index contributed by atoms with van der Waals surface area (Å²) in [4.78, 5) is 12.4. The maximum atomic E-state index is 12.4. The maximum absolute atomic E-state index is 12.4. The van der Waals surface area contributed by atoms with Gasteiger partial charge in [0.2, 0.25) is 0 Å². The van der Waals surface area contributed by atoms with Crippen molar-refractivity contribution in [3.05, 3.63) is 78.1 Å². The minimum Gasteiger partial charge on any atom is -0.504 e. The first-order chi connectivity index (χ1) is 12.1. The van der Waals surface area contributed by atoms with Crippen LogP contribution in [0.25, 0.3) is 5.69 Å². The predicted octanol–water partition coefficient (Wildman–Crippen LogP) is 3.33. The van der Waals surface area contributed by atoms with E-state index in [1.54, 1.807) is 0 Å². The first-order valence-electron chi connectivity index (χ1n) is 8.32. The van der Waals surface area contributed by atoms with E-state index in [1.165, 1.54) is 16.4 Å². The Morgan fingerprint density at radius 2 is 1.76 bits per heavy atom. The van der Waals surface area contributed by atoms with Gasteiger partial charge < -0.3 is 10.4 Å². The number of carbonyl (C=O) groups is 1. The Morgan fingerprint density at radius 3 is 2.44 bits per heavy atom. The van der Waals surface area contributed by atoms with E-state index in [4.69, 9.17) is 0 Å². The number of carbonyl (C=O) groups excluding carboxylic acids is 1. The highest BCUT2D eigenvalue weighted by molar-refractivity contribution is 5.95. The summed E-state index contributed by atoms with van der Waals surface area (Å²) in [5, 5.41) is 17.1. The second kappa shape index (κ2) is 7.66. The van der Waals surface area contributed by atoms with Crippen LogP contribution in [0.1, 0.15) is 29.4 Å². The summed E-state index contributed by atoms with van der Waals surface area (Å²) in [6.07, 6.45) is 3.14. The third-order valence-electron chi connectivity index (χ3n) is 4.02. The fourth-order valence-corrected chi connectivity index (χ4v) is 2.63. The molecule has 25 heavy (non-hydrogen) atoms. The molecule has 0 fully saturated rings. The Morgan fingerprint density at radius 1 is 1.12 bits per heavy atom. The second-order valence-corrected chi connectivity index (χ2v) is 6.04. The van der Waals surface area contributed by atoms with Crippen LogP contribution >= 0.6 is 0 Å². The molecule has 2 N–H and O–H groups in total. The lowest BCUT2D eigenvalue weighted by Gasteiger charge is -2.13. The number of aromatic hydroxyl groups is 1. The van der Waals surface area contributed by atoms with Crippen LogP contribution in [-0.4, -0.2) is 26.8 Å². The minimum atomic E-state index is -0.368. The smallest absolute Gasteiger partial charge is 0.275 e. The van der Waals surface area contributed by atoms with Crippen molar-refractivity contribution in [1.82, 2.24) is 15.1 Å². The second-order valence-electron chi connectivity index (χ2n) is 6.04. The van der Waals surface area contributed by atoms with Gasteiger partial charge in [-0.25, -0.2) is 4.68 Å². The van der Waals surface area contributed by atoms with Gasteiger partial charge in [-0.1, -0.05) is 48.5 Å². The fraction of sp³-hybridized carbons (Fsp3) is 0.200. The molecule has 0 saturated carbocycles. The van der Waals surface area contributed by atoms with Crippen LogP contribution in [-0.2, 0) is 6.42 Å². The van der Waals surface area contributed by atoms with Gasteiger partial charge in [0, 0.05) is 6.04 Å². The number of nitrogens with zero attached hydrogens (tertiary/aromatic N) is 2. The predicted molar refractivity (Wildman–Crippen MR) is 96.9 cm³/mol. The van der Waals surface area contributed by atoms with E-state index < -0.39 is 0 Å². The zero-order chi connectivity index (χ0) is 17.6. The number of nitrogens with one attached hydrogen (secondary N) is 1. The lowest BCUT2D eigenvalue weighted by molar-refractivity contribution is 0.0930. The summed E-state index contributed by atoms with van der Waals surface area (Å²) >= 11 is 0. The molecular weight excluding hydrogens is 314 g/mol. The normalized spacial score (nSPS) is 11.9. The highest BCUT2D eigenvalue weighted by atomic mass is 16.3. The van der Waals surface area contributed by atoms with Crippen molar-refractivity contribution >= 4 is 5.91 Å². The fourth-order valence-electron chi connectivity index (χ4n) is 2.63. The van der Waals surface area contributed by atoms with Crippen LogP contribution in [0.5, 0.6) is 5.75 Å². The highest BCUT2D eigenvalue weighted by Crippen LogP contribution is 2.18. The third kappa shape index (κ3) is 4.26. The summed E-state index contributed by atoms with van der Waals surface area (Å²) in [5.41, 5.74) is 2.06. The summed E-state index contributed by atoms with van der Waals surface area (Å²) in [6, 6.07) is 19.5. The number of para-hydroxylation sites is 1. The van der Waals surface area contributed by atoms with E-state index in [1.807, 2.05) is 55.5 Å². The molecule has 5 heteroatoms. The molecule has 0 bridgehead atoms. The Hall–Kier alpha value is -3.08. The molecule has 0 aliphatic rings. The zero-order valence-electron chi connectivity index (χ0n) is 14.1. The van der Waals surface area contributed by atoms with Crippen LogP contribution in [0.4, 0.5) is 0 Å². The summed E-state index contributed by atoms with van der Waals surface area (Å²) in [6.45, 7) is 1.95. The molecule has 0 radical (unpaired) electrons. The Labute approximate surface area is 146 Å². The molecular formula is C20H21N3O2. The molecule has 3 rings (SSSR count). The number of hydrogen-bond acceptors (Lipinski definition) is 3.